The number of nitrogens with one attached hydrogen (secondary N) is 3. The normalized spacial score (nSPS) is 25.7. The number of fused-ring (bicyclic) bond motifs is 1. The molecule has 0 unspecified atom stereocenters. The molecule has 0 radical (unpaired) electrons. The fourth-order valence-electron chi connectivity index (χ4n) is 6.43. The van der Waals surface area contributed by atoms with Crippen LogP contribution in [0.4, 0.5) is 5.69 Å². The zero-order valence-corrected chi connectivity index (χ0v) is 24.6. The predicted octanol–water partition coefficient (Wildman–Crippen LogP) is 3.87. The number of piperidine rings is 1. The molecule has 1 spiro atoms. The molecule has 3 aliphatic rings. The maximum Gasteiger partial charge on any atom is 0.243 e. The van der Waals surface area contributed by atoms with E-state index in [1.807, 2.05) is 54.6 Å². The maximum absolute atomic E-state index is 13.8. The SMILES string of the molecule is CCc1ccc(NC(=O)CN2CC[C@H]3NC(=O)[C@@H](Cc4ccccc4)NC(=O)C4(C/C=C/C[C@H]3C2)CCOCC4)cc1. The molecule has 3 atom stereocenters. The summed E-state index contributed by atoms with van der Waals surface area (Å²) in [7, 11) is 0. The van der Waals surface area contributed by atoms with Gasteiger partial charge >= 0.3 is 0 Å². The van der Waals surface area contributed by atoms with E-state index in [1.54, 1.807) is 0 Å². The lowest BCUT2D eigenvalue weighted by atomic mass is 9.75. The topological polar surface area (TPSA) is 99.8 Å². The van der Waals surface area contributed by atoms with Gasteiger partial charge in [-0.25, -0.2) is 0 Å². The summed E-state index contributed by atoms with van der Waals surface area (Å²) in [6.45, 7) is 4.94. The van der Waals surface area contributed by atoms with E-state index >= 15 is 0 Å². The molecule has 8 nitrogen and oxygen atoms in total. The molecule has 224 valence electrons. The molecule has 2 aromatic carbocycles. The van der Waals surface area contributed by atoms with Crippen LogP contribution >= 0.6 is 0 Å². The third-order valence-corrected chi connectivity index (χ3v) is 9.11. The van der Waals surface area contributed by atoms with E-state index in [2.05, 4.69) is 39.9 Å². The number of amides is 3. The van der Waals surface area contributed by atoms with E-state index in [4.69, 9.17) is 4.74 Å². The lowest BCUT2D eigenvalue weighted by Crippen LogP contribution is -2.58. The molecule has 3 aliphatic heterocycles. The standard InChI is InChI=1S/C34H44N4O4/c1-2-25-11-13-28(14-12-25)35-31(39)24-38-19-15-29-27(23-38)10-6-7-16-34(17-20-42-21-18-34)33(41)37-30(32(40)36-29)22-26-8-4-3-5-9-26/h3-9,11-14,27,29-30H,2,10,15-24H2,1H3,(H,35,39)(H,36,40)(H,37,41)/b7-6+/t27-,29+,30+/m0/s1. The number of nitrogens with zero attached hydrogens (tertiary/aromatic N) is 1. The lowest BCUT2D eigenvalue weighted by Gasteiger charge is -2.40. The molecule has 0 saturated carbocycles. The Morgan fingerprint density at radius 3 is 2.50 bits per heavy atom. The number of ether oxygens (including phenoxy) is 1. The van der Waals surface area contributed by atoms with Gasteiger partial charge in [0.1, 0.15) is 6.04 Å². The van der Waals surface area contributed by atoms with Crippen LogP contribution in [-0.4, -0.2) is 67.6 Å². The van der Waals surface area contributed by atoms with Gasteiger partial charge in [0.05, 0.1) is 12.0 Å². The van der Waals surface area contributed by atoms with Gasteiger partial charge in [0.25, 0.3) is 0 Å². The van der Waals surface area contributed by atoms with E-state index in [9.17, 15) is 14.4 Å². The second-order valence-corrected chi connectivity index (χ2v) is 12.0. The van der Waals surface area contributed by atoms with Crippen molar-refractivity contribution in [1.29, 1.82) is 0 Å². The number of anilines is 1. The van der Waals surface area contributed by atoms with Crippen molar-refractivity contribution in [2.45, 2.75) is 64.0 Å². The summed E-state index contributed by atoms with van der Waals surface area (Å²) >= 11 is 0. The molecule has 0 aromatic heterocycles. The molecular formula is C34H44N4O4. The average molecular weight is 573 g/mol. The Labute approximate surface area is 249 Å². The number of likely N-dealkylation sites (tertiary alicyclic amines) is 1. The van der Waals surface area contributed by atoms with E-state index in [-0.39, 0.29) is 29.7 Å². The van der Waals surface area contributed by atoms with Crippen molar-refractivity contribution in [3.05, 3.63) is 77.9 Å². The van der Waals surface area contributed by atoms with Crippen LogP contribution in [0, 0.1) is 11.3 Å². The summed E-state index contributed by atoms with van der Waals surface area (Å²) in [5.74, 6) is -0.0734. The Morgan fingerprint density at radius 2 is 1.76 bits per heavy atom. The summed E-state index contributed by atoms with van der Waals surface area (Å²) in [6.07, 6.45) is 9.13. The van der Waals surface area contributed by atoms with Crippen molar-refractivity contribution in [2.24, 2.45) is 11.3 Å². The quantitative estimate of drug-likeness (QED) is 0.457. The Bertz CT molecular complexity index is 1240. The average Bonchev–Trinajstić information content (AvgIpc) is 3.01. The molecule has 3 N–H and O–H groups in total. The highest BCUT2D eigenvalue weighted by Gasteiger charge is 2.41. The third-order valence-electron chi connectivity index (χ3n) is 9.11. The smallest absolute Gasteiger partial charge is 0.243 e. The molecule has 3 heterocycles. The van der Waals surface area contributed by atoms with Gasteiger partial charge in [-0.1, -0.05) is 61.5 Å². The van der Waals surface area contributed by atoms with Gasteiger partial charge in [0.2, 0.25) is 17.7 Å². The molecule has 3 amide bonds. The van der Waals surface area contributed by atoms with Gasteiger partial charge in [0, 0.05) is 44.5 Å². The first-order valence-electron chi connectivity index (χ1n) is 15.4. The third kappa shape index (κ3) is 7.66. The first-order chi connectivity index (χ1) is 20.4. The van der Waals surface area contributed by atoms with Crippen molar-refractivity contribution in [2.75, 3.05) is 38.2 Å². The predicted molar refractivity (Wildman–Crippen MR) is 164 cm³/mol. The largest absolute Gasteiger partial charge is 0.381 e. The van der Waals surface area contributed by atoms with E-state index < -0.39 is 11.5 Å². The minimum absolute atomic E-state index is 0.0301. The summed E-state index contributed by atoms with van der Waals surface area (Å²) in [4.78, 5) is 42.6. The second kappa shape index (κ2) is 14.1. The number of rotatable bonds is 6. The zero-order valence-electron chi connectivity index (χ0n) is 24.6. The van der Waals surface area contributed by atoms with Crippen molar-refractivity contribution in [3.8, 4) is 0 Å². The first kappa shape index (κ1) is 30.0. The minimum atomic E-state index is -0.661. The van der Waals surface area contributed by atoms with Gasteiger partial charge in [-0.05, 0) is 67.7 Å². The van der Waals surface area contributed by atoms with Crippen molar-refractivity contribution >= 4 is 23.4 Å². The van der Waals surface area contributed by atoms with Crippen LogP contribution in [0.3, 0.4) is 0 Å². The Morgan fingerprint density at radius 1 is 1.00 bits per heavy atom. The number of hydrogen-bond acceptors (Lipinski definition) is 5. The van der Waals surface area contributed by atoms with Crippen LogP contribution in [0.25, 0.3) is 0 Å². The van der Waals surface area contributed by atoms with Crippen LogP contribution < -0.4 is 16.0 Å². The fraction of sp³-hybridized carbons (Fsp3) is 0.500. The number of carbonyl (C=O) groups is 3. The molecule has 8 heteroatoms. The van der Waals surface area contributed by atoms with Crippen LogP contribution in [0.1, 0.15) is 50.2 Å². The van der Waals surface area contributed by atoms with Crippen LogP contribution in [0.5, 0.6) is 0 Å². The first-order valence-corrected chi connectivity index (χ1v) is 15.4. The molecule has 42 heavy (non-hydrogen) atoms. The van der Waals surface area contributed by atoms with Gasteiger partial charge < -0.3 is 20.7 Å². The summed E-state index contributed by atoms with van der Waals surface area (Å²) in [5, 5.41) is 9.48. The Hall–Kier alpha value is -3.49. The number of aryl methyl sites for hydroxylation is 1. The Kier molecular flexibility index (Phi) is 10.1. The lowest BCUT2D eigenvalue weighted by molar-refractivity contribution is -0.140. The summed E-state index contributed by atoms with van der Waals surface area (Å²) < 4.78 is 5.60. The van der Waals surface area contributed by atoms with E-state index in [0.717, 1.165) is 30.5 Å². The number of carbonyl (C=O) groups excluding carboxylic acids is 3. The Balaban J connectivity index is 1.29. The summed E-state index contributed by atoms with van der Waals surface area (Å²) in [5.41, 5.74) is 2.48. The monoisotopic (exact) mass is 572 g/mol. The number of benzene rings is 2. The molecule has 5 rings (SSSR count). The molecule has 2 saturated heterocycles. The van der Waals surface area contributed by atoms with Crippen LogP contribution in [0.15, 0.2) is 66.7 Å². The van der Waals surface area contributed by atoms with Crippen molar-refractivity contribution in [1.82, 2.24) is 15.5 Å². The van der Waals surface area contributed by atoms with Gasteiger partial charge in [-0.15, -0.1) is 0 Å². The molecule has 0 aliphatic carbocycles. The molecular weight excluding hydrogens is 528 g/mol. The van der Waals surface area contributed by atoms with Gasteiger partial charge in [0.15, 0.2) is 0 Å². The van der Waals surface area contributed by atoms with Crippen molar-refractivity contribution in [3.63, 3.8) is 0 Å². The van der Waals surface area contributed by atoms with Gasteiger partial charge in [-0.3, -0.25) is 19.3 Å². The fourth-order valence-corrected chi connectivity index (χ4v) is 6.43. The molecule has 2 aromatic rings. The number of allylic oxidation sites excluding steroid dienone is 2. The highest BCUT2D eigenvalue weighted by molar-refractivity contribution is 5.92. The van der Waals surface area contributed by atoms with Crippen LogP contribution in [0.2, 0.25) is 0 Å². The van der Waals surface area contributed by atoms with Crippen LogP contribution in [-0.2, 0) is 32.0 Å². The second-order valence-electron chi connectivity index (χ2n) is 12.0. The molecule has 2 fully saturated rings. The van der Waals surface area contributed by atoms with Crippen molar-refractivity contribution < 1.29 is 19.1 Å². The summed E-state index contributed by atoms with van der Waals surface area (Å²) in [6, 6.07) is 17.1. The minimum Gasteiger partial charge on any atom is -0.381 e. The van der Waals surface area contributed by atoms with E-state index in [1.165, 1.54) is 5.56 Å². The maximum atomic E-state index is 13.8. The highest BCUT2D eigenvalue weighted by Crippen LogP contribution is 2.36. The number of hydrogen-bond donors (Lipinski definition) is 3. The zero-order chi connectivity index (χ0) is 29.4. The van der Waals surface area contributed by atoms with E-state index in [0.29, 0.717) is 58.5 Å². The highest BCUT2D eigenvalue weighted by atomic mass is 16.5. The molecule has 0 bridgehead atoms. The van der Waals surface area contributed by atoms with Gasteiger partial charge in [-0.2, -0.15) is 0 Å².